The molecule has 1 aromatic heterocycles. The minimum Gasteiger partial charge on any atom is -0.492 e. The van der Waals surface area contributed by atoms with Crippen molar-refractivity contribution in [2.45, 2.75) is 12.5 Å². The zero-order valence-electron chi connectivity index (χ0n) is 12.8. The maximum atomic E-state index is 10.2. The largest absolute Gasteiger partial charge is 0.492 e. The molecule has 0 saturated carbocycles. The van der Waals surface area contributed by atoms with Crippen molar-refractivity contribution in [3.63, 3.8) is 0 Å². The first-order valence-corrected chi connectivity index (χ1v) is 8.12. The summed E-state index contributed by atoms with van der Waals surface area (Å²) in [5.41, 5.74) is 0.927. The van der Waals surface area contributed by atoms with Crippen molar-refractivity contribution in [1.82, 2.24) is 14.9 Å². The zero-order valence-corrected chi connectivity index (χ0v) is 13.6. The van der Waals surface area contributed by atoms with Gasteiger partial charge in [0.2, 0.25) is 0 Å². The first-order chi connectivity index (χ1) is 11.2. The standard InChI is InChI=1S/C17H20ClN3O2/c18-14-1-3-16(4-2-14)23-8-7-21-11-13(17(22)12-21)9-15-10-19-5-6-20-15/h1-6,10,13,17,22H,7-9,11-12H2/t13-,17-/m1/s1. The molecule has 1 saturated heterocycles. The van der Waals surface area contributed by atoms with Gasteiger partial charge in [0.15, 0.2) is 0 Å². The van der Waals surface area contributed by atoms with Gasteiger partial charge < -0.3 is 9.84 Å². The molecule has 0 spiro atoms. The quantitative estimate of drug-likeness (QED) is 0.876. The van der Waals surface area contributed by atoms with Crippen molar-refractivity contribution in [2.75, 3.05) is 26.2 Å². The van der Waals surface area contributed by atoms with Crippen LogP contribution in [-0.4, -0.2) is 52.3 Å². The molecule has 1 fully saturated rings. The highest BCUT2D eigenvalue weighted by molar-refractivity contribution is 6.30. The van der Waals surface area contributed by atoms with Crippen molar-refractivity contribution in [2.24, 2.45) is 5.92 Å². The highest BCUT2D eigenvalue weighted by Gasteiger charge is 2.31. The molecule has 0 bridgehead atoms. The maximum Gasteiger partial charge on any atom is 0.119 e. The van der Waals surface area contributed by atoms with Crippen LogP contribution in [0.1, 0.15) is 5.69 Å². The van der Waals surface area contributed by atoms with Crippen LogP contribution in [0.15, 0.2) is 42.9 Å². The van der Waals surface area contributed by atoms with Crippen molar-refractivity contribution >= 4 is 11.6 Å². The summed E-state index contributed by atoms with van der Waals surface area (Å²) in [6, 6.07) is 7.34. The summed E-state index contributed by atoms with van der Waals surface area (Å²) in [5.74, 6) is 1.01. The van der Waals surface area contributed by atoms with E-state index in [0.29, 0.717) is 18.2 Å². The van der Waals surface area contributed by atoms with Gasteiger partial charge in [-0.1, -0.05) is 11.6 Å². The van der Waals surface area contributed by atoms with Gasteiger partial charge >= 0.3 is 0 Å². The summed E-state index contributed by atoms with van der Waals surface area (Å²) in [6.07, 6.45) is 5.54. The normalized spacial score (nSPS) is 21.5. The molecule has 0 amide bonds. The monoisotopic (exact) mass is 333 g/mol. The number of ether oxygens (including phenoxy) is 1. The van der Waals surface area contributed by atoms with Crippen LogP contribution in [0.2, 0.25) is 5.02 Å². The molecule has 0 unspecified atom stereocenters. The highest BCUT2D eigenvalue weighted by Crippen LogP contribution is 2.21. The van der Waals surface area contributed by atoms with E-state index in [1.165, 1.54) is 0 Å². The predicted molar refractivity (Wildman–Crippen MR) is 88.6 cm³/mol. The van der Waals surface area contributed by atoms with Crippen LogP contribution < -0.4 is 4.74 Å². The van der Waals surface area contributed by atoms with Crippen molar-refractivity contribution in [1.29, 1.82) is 0 Å². The van der Waals surface area contributed by atoms with Gasteiger partial charge in [0.05, 0.1) is 11.8 Å². The number of benzene rings is 1. The fourth-order valence-corrected chi connectivity index (χ4v) is 2.98. The second kappa shape index (κ2) is 7.73. The van der Waals surface area contributed by atoms with E-state index in [4.69, 9.17) is 16.3 Å². The van der Waals surface area contributed by atoms with Gasteiger partial charge in [-0.25, -0.2) is 0 Å². The first kappa shape index (κ1) is 16.2. The molecule has 1 aliphatic rings. The van der Waals surface area contributed by atoms with Crippen LogP contribution in [-0.2, 0) is 6.42 Å². The Balaban J connectivity index is 1.44. The number of aliphatic hydroxyl groups excluding tert-OH is 1. The Morgan fingerprint density at radius 1 is 1.22 bits per heavy atom. The van der Waals surface area contributed by atoms with Crippen LogP contribution in [0, 0.1) is 5.92 Å². The number of aromatic nitrogens is 2. The summed E-state index contributed by atoms with van der Waals surface area (Å²) in [4.78, 5) is 10.6. The number of aliphatic hydroxyl groups is 1. The SMILES string of the molecule is O[C@@H]1CN(CCOc2ccc(Cl)cc2)C[C@H]1Cc1cnccn1. The van der Waals surface area contributed by atoms with E-state index >= 15 is 0 Å². The Kier molecular flexibility index (Phi) is 5.43. The molecule has 0 aliphatic carbocycles. The molecule has 2 atom stereocenters. The summed E-state index contributed by atoms with van der Waals surface area (Å²) in [5, 5.41) is 10.9. The third-order valence-electron chi connectivity index (χ3n) is 4.06. The van der Waals surface area contributed by atoms with Gasteiger partial charge in [0, 0.05) is 49.2 Å². The average Bonchev–Trinajstić information content (AvgIpc) is 2.90. The van der Waals surface area contributed by atoms with Gasteiger partial charge in [-0.05, 0) is 30.7 Å². The number of likely N-dealkylation sites (tertiary alicyclic amines) is 1. The van der Waals surface area contributed by atoms with E-state index in [1.807, 2.05) is 24.3 Å². The topological polar surface area (TPSA) is 58.5 Å². The zero-order chi connectivity index (χ0) is 16.1. The molecule has 5 nitrogen and oxygen atoms in total. The number of hydrogen-bond acceptors (Lipinski definition) is 5. The van der Waals surface area contributed by atoms with E-state index in [2.05, 4.69) is 14.9 Å². The minimum atomic E-state index is -0.326. The van der Waals surface area contributed by atoms with Crippen LogP contribution >= 0.6 is 11.6 Å². The molecule has 1 N–H and O–H groups in total. The number of nitrogens with zero attached hydrogens (tertiary/aromatic N) is 3. The molecule has 0 radical (unpaired) electrons. The van der Waals surface area contributed by atoms with Gasteiger partial charge in [0.25, 0.3) is 0 Å². The molecule has 1 aliphatic heterocycles. The third kappa shape index (κ3) is 4.64. The van der Waals surface area contributed by atoms with E-state index in [9.17, 15) is 5.11 Å². The lowest BCUT2D eigenvalue weighted by atomic mass is 10.0. The Morgan fingerprint density at radius 2 is 2.04 bits per heavy atom. The van der Waals surface area contributed by atoms with E-state index < -0.39 is 0 Å². The lowest BCUT2D eigenvalue weighted by molar-refractivity contribution is 0.139. The van der Waals surface area contributed by atoms with Crippen LogP contribution in [0.4, 0.5) is 0 Å². The number of rotatable bonds is 6. The summed E-state index contributed by atoms with van der Waals surface area (Å²) >= 11 is 5.85. The van der Waals surface area contributed by atoms with Crippen molar-refractivity contribution in [3.8, 4) is 5.75 Å². The Labute approximate surface area is 140 Å². The molecule has 2 aromatic rings. The molecule has 122 valence electrons. The van der Waals surface area contributed by atoms with Crippen LogP contribution in [0.3, 0.4) is 0 Å². The van der Waals surface area contributed by atoms with E-state index in [-0.39, 0.29) is 12.0 Å². The summed E-state index contributed by atoms with van der Waals surface area (Å²) in [7, 11) is 0. The molecule has 2 heterocycles. The van der Waals surface area contributed by atoms with Crippen molar-refractivity contribution in [3.05, 3.63) is 53.6 Å². The molecule has 3 rings (SSSR count). The maximum absolute atomic E-state index is 10.2. The molecular formula is C17H20ClN3O2. The lowest BCUT2D eigenvalue weighted by Gasteiger charge is -2.16. The van der Waals surface area contributed by atoms with E-state index in [1.54, 1.807) is 18.6 Å². The Bertz CT molecular complexity index is 609. The Hall–Kier alpha value is -1.69. The van der Waals surface area contributed by atoms with Crippen molar-refractivity contribution < 1.29 is 9.84 Å². The van der Waals surface area contributed by atoms with Gasteiger partial charge in [-0.15, -0.1) is 0 Å². The Morgan fingerprint density at radius 3 is 2.78 bits per heavy atom. The minimum absolute atomic E-state index is 0.197. The molecule has 1 aromatic carbocycles. The number of β-amino-alcohol motifs (C(OH)–C–C–N with tert-alkyl or cyclic N) is 1. The first-order valence-electron chi connectivity index (χ1n) is 7.74. The van der Waals surface area contributed by atoms with Gasteiger partial charge in [-0.2, -0.15) is 0 Å². The number of halogens is 1. The second-order valence-corrected chi connectivity index (χ2v) is 6.23. The van der Waals surface area contributed by atoms with Crippen LogP contribution in [0.25, 0.3) is 0 Å². The molecular weight excluding hydrogens is 314 g/mol. The van der Waals surface area contributed by atoms with E-state index in [0.717, 1.165) is 31.0 Å². The second-order valence-electron chi connectivity index (χ2n) is 5.79. The summed E-state index contributed by atoms with van der Waals surface area (Å²) in [6.45, 7) is 2.90. The lowest BCUT2D eigenvalue weighted by Crippen LogP contribution is -2.27. The fourth-order valence-electron chi connectivity index (χ4n) is 2.85. The van der Waals surface area contributed by atoms with Crippen LogP contribution in [0.5, 0.6) is 5.75 Å². The fraction of sp³-hybridized carbons (Fsp3) is 0.412. The third-order valence-corrected chi connectivity index (χ3v) is 4.31. The average molecular weight is 334 g/mol. The predicted octanol–water partition coefficient (Wildman–Crippen LogP) is 2.04. The smallest absolute Gasteiger partial charge is 0.119 e. The van der Waals surface area contributed by atoms with Gasteiger partial charge in [0.1, 0.15) is 12.4 Å². The molecule has 6 heteroatoms. The van der Waals surface area contributed by atoms with Gasteiger partial charge in [-0.3, -0.25) is 14.9 Å². The summed E-state index contributed by atoms with van der Waals surface area (Å²) < 4.78 is 5.71. The highest BCUT2D eigenvalue weighted by atomic mass is 35.5. The molecule has 23 heavy (non-hydrogen) atoms. The number of hydrogen-bond donors (Lipinski definition) is 1.